The lowest BCUT2D eigenvalue weighted by atomic mass is 10.1. The predicted octanol–water partition coefficient (Wildman–Crippen LogP) is 3.15. The molecule has 0 aliphatic heterocycles. The van der Waals surface area contributed by atoms with Gasteiger partial charge in [-0.3, -0.25) is 4.79 Å². The number of fused-ring (bicyclic) bond motifs is 1. The van der Waals surface area contributed by atoms with E-state index in [1.807, 2.05) is 43.4 Å². The highest BCUT2D eigenvalue weighted by molar-refractivity contribution is 6.04. The molecule has 0 bridgehead atoms. The first-order valence-corrected chi connectivity index (χ1v) is 7.43. The van der Waals surface area contributed by atoms with E-state index in [4.69, 9.17) is 0 Å². The van der Waals surface area contributed by atoms with Gasteiger partial charge in [0.05, 0.1) is 0 Å². The molecule has 2 N–H and O–H groups in total. The van der Waals surface area contributed by atoms with Crippen molar-refractivity contribution in [3.05, 3.63) is 64.7 Å². The average molecular weight is 280 g/mol. The van der Waals surface area contributed by atoms with Crippen LogP contribution in [0.25, 0.3) is 0 Å². The number of amides is 1. The zero-order valence-electron chi connectivity index (χ0n) is 12.3. The summed E-state index contributed by atoms with van der Waals surface area (Å²) in [5.74, 6) is -0.0340. The van der Waals surface area contributed by atoms with Crippen molar-refractivity contribution in [3.8, 4) is 0 Å². The Labute approximate surface area is 125 Å². The van der Waals surface area contributed by atoms with Crippen LogP contribution in [-0.2, 0) is 19.4 Å². The summed E-state index contributed by atoms with van der Waals surface area (Å²) in [5, 5.41) is 6.14. The summed E-state index contributed by atoms with van der Waals surface area (Å²) in [6, 6.07) is 14.0. The largest absolute Gasteiger partial charge is 0.322 e. The Bertz CT molecular complexity index is 664. The van der Waals surface area contributed by atoms with Gasteiger partial charge in [0.1, 0.15) is 0 Å². The van der Waals surface area contributed by atoms with Crippen molar-refractivity contribution in [1.29, 1.82) is 0 Å². The molecule has 3 heteroatoms. The van der Waals surface area contributed by atoms with Crippen LogP contribution in [0.3, 0.4) is 0 Å². The number of carbonyl (C=O) groups is 1. The van der Waals surface area contributed by atoms with Gasteiger partial charge in [0, 0.05) is 17.8 Å². The van der Waals surface area contributed by atoms with Crippen molar-refractivity contribution < 1.29 is 4.79 Å². The third kappa shape index (κ3) is 2.98. The van der Waals surface area contributed by atoms with Crippen LogP contribution in [0.2, 0.25) is 0 Å². The molecule has 0 unspecified atom stereocenters. The van der Waals surface area contributed by atoms with Crippen molar-refractivity contribution >= 4 is 11.6 Å². The van der Waals surface area contributed by atoms with Crippen LogP contribution in [0, 0.1) is 0 Å². The minimum absolute atomic E-state index is 0.0340. The molecule has 0 saturated heterocycles. The average Bonchev–Trinajstić information content (AvgIpc) is 2.97. The van der Waals surface area contributed by atoms with Crippen molar-refractivity contribution in [3.63, 3.8) is 0 Å². The van der Waals surface area contributed by atoms with Crippen molar-refractivity contribution in [2.24, 2.45) is 0 Å². The monoisotopic (exact) mass is 280 g/mol. The summed E-state index contributed by atoms with van der Waals surface area (Å²) >= 11 is 0. The molecule has 0 aromatic heterocycles. The van der Waals surface area contributed by atoms with Gasteiger partial charge in [-0.15, -0.1) is 0 Å². The number of para-hydroxylation sites is 1. The molecule has 2 aromatic carbocycles. The number of benzene rings is 2. The van der Waals surface area contributed by atoms with Gasteiger partial charge in [-0.2, -0.15) is 0 Å². The predicted molar refractivity (Wildman–Crippen MR) is 85.6 cm³/mol. The fourth-order valence-corrected chi connectivity index (χ4v) is 2.89. The molecule has 0 fully saturated rings. The summed E-state index contributed by atoms with van der Waals surface area (Å²) in [6.45, 7) is 0.737. The number of aryl methyl sites for hydroxylation is 2. The SMILES string of the molecule is CNCc1ccccc1NC(=O)c1ccc2c(c1)CCC2. The standard InChI is InChI=1S/C18H20N2O/c1-19-12-16-5-2-3-8-17(16)20-18(21)15-10-9-13-6-4-7-14(13)11-15/h2-3,5,8-11,19H,4,6-7,12H2,1H3,(H,20,21). The van der Waals surface area contributed by atoms with Gasteiger partial charge in [0.2, 0.25) is 0 Å². The highest BCUT2D eigenvalue weighted by Gasteiger charge is 2.14. The summed E-state index contributed by atoms with van der Waals surface area (Å²) in [6.07, 6.45) is 3.43. The van der Waals surface area contributed by atoms with E-state index in [1.165, 1.54) is 17.5 Å². The second kappa shape index (κ2) is 6.10. The molecule has 3 nitrogen and oxygen atoms in total. The van der Waals surface area contributed by atoms with E-state index in [1.54, 1.807) is 0 Å². The van der Waals surface area contributed by atoms with Crippen molar-refractivity contribution in [2.45, 2.75) is 25.8 Å². The first kappa shape index (κ1) is 13.8. The van der Waals surface area contributed by atoms with Gasteiger partial charge < -0.3 is 10.6 Å². The summed E-state index contributed by atoms with van der Waals surface area (Å²) in [4.78, 5) is 12.4. The van der Waals surface area contributed by atoms with Gasteiger partial charge in [0.25, 0.3) is 5.91 Å². The van der Waals surface area contributed by atoms with Gasteiger partial charge in [-0.25, -0.2) is 0 Å². The first-order valence-electron chi connectivity index (χ1n) is 7.43. The van der Waals surface area contributed by atoms with Crippen LogP contribution in [-0.4, -0.2) is 13.0 Å². The zero-order chi connectivity index (χ0) is 14.7. The maximum atomic E-state index is 12.4. The van der Waals surface area contributed by atoms with Crippen LogP contribution < -0.4 is 10.6 Å². The molecule has 1 amide bonds. The van der Waals surface area contributed by atoms with E-state index in [0.717, 1.165) is 36.2 Å². The minimum atomic E-state index is -0.0340. The second-order valence-electron chi connectivity index (χ2n) is 5.48. The van der Waals surface area contributed by atoms with E-state index in [9.17, 15) is 4.79 Å². The quantitative estimate of drug-likeness (QED) is 0.903. The van der Waals surface area contributed by atoms with Crippen molar-refractivity contribution in [2.75, 3.05) is 12.4 Å². The number of hydrogen-bond acceptors (Lipinski definition) is 2. The molecule has 3 rings (SSSR count). The molecular formula is C18H20N2O. The van der Waals surface area contributed by atoms with Crippen LogP contribution in [0.1, 0.15) is 33.5 Å². The number of rotatable bonds is 4. The normalized spacial score (nSPS) is 13.0. The van der Waals surface area contributed by atoms with Crippen LogP contribution in [0.4, 0.5) is 5.69 Å². The van der Waals surface area contributed by atoms with E-state index in [0.29, 0.717) is 0 Å². The van der Waals surface area contributed by atoms with E-state index < -0.39 is 0 Å². The Kier molecular flexibility index (Phi) is 4.02. The molecule has 2 aromatic rings. The van der Waals surface area contributed by atoms with E-state index in [-0.39, 0.29) is 5.91 Å². The summed E-state index contributed by atoms with van der Waals surface area (Å²) in [7, 11) is 1.90. The molecule has 21 heavy (non-hydrogen) atoms. The number of nitrogens with one attached hydrogen (secondary N) is 2. The summed E-state index contributed by atoms with van der Waals surface area (Å²) in [5.41, 5.74) is 5.43. The lowest BCUT2D eigenvalue weighted by Crippen LogP contribution is -2.15. The Balaban J connectivity index is 1.80. The Hall–Kier alpha value is -2.13. The third-order valence-electron chi connectivity index (χ3n) is 3.99. The van der Waals surface area contributed by atoms with E-state index >= 15 is 0 Å². The summed E-state index contributed by atoms with van der Waals surface area (Å²) < 4.78 is 0. The molecule has 0 saturated carbocycles. The Morgan fingerprint density at radius 2 is 1.90 bits per heavy atom. The fraction of sp³-hybridized carbons (Fsp3) is 0.278. The molecule has 0 spiro atoms. The highest BCUT2D eigenvalue weighted by atomic mass is 16.1. The smallest absolute Gasteiger partial charge is 0.255 e. The van der Waals surface area contributed by atoms with Crippen LogP contribution in [0.5, 0.6) is 0 Å². The maximum absolute atomic E-state index is 12.4. The highest BCUT2D eigenvalue weighted by Crippen LogP contribution is 2.23. The topological polar surface area (TPSA) is 41.1 Å². The van der Waals surface area contributed by atoms with Gasteiger partial charge in [-0.05, 0) is 61.2 Å². The van der Waals surface area contributed by atoms with Crippen molar-refractivity contribution in [1.82, 2.24) is 5.32 Å². The van der Waals surface area contributed by atoms with E-state index in [2.05, 4.69) is 16.7 Å². The van der Waals surface area contributed by atoms with Crippen LogP contribution in [0.15, 0.2) is 42.5 Å². The second-order valence-corrected chi connectivity index (χ2v) is 5.48. The number of carbonyl (C=O) groups excluding carboxylic acids is 1. The van der Waals surface area contributed by atoms with Gasteiger partial charge in [-0.1, -0.05) is 24.3 Å². The zero-order valence-corrected chi connectivity index (χ0v) is 12.3. The maximum Gasteiger partial charge on any atom is 0.255 e. The molecule has 1 aliphatic rings. The fourth-order valence-electron chi connectivity index (χ4n) is 2.89. The minimum Gasteiger partial charge on any atom is -0.322 e. The molecule has 0 atom stereocenters. The molecule has 108 valence electrons. The molecule has 0 heterocycles. The lowest BCUT2D eigenvalue weighted by molar-refractivity contribution is 0.102. The number of hydrogen-bond donors (Lipinski definition) is 2. The molecule has 0 radical (unpaired) electrons. The Morgan fingerprint density at radius 1 is 1.10 bits per heavy atom. The number of anilines is 1. The van der Waals surface area contributed by atoms with Crippen LogP contribution >= 0.6 is 0 Å². The first-order chi connectivity index (χ1) is 10.3. The lowest BCUT2D eigenvalue weighted by Gasteiger charge is -2.11. The van der Waals surface area contributed by atoms with Gasteiger partial charge in [0.15, 0.2) is 0 Å². The third-order valence-corrected chi connectivity index (χ3v) is 3.99. The molecule has 1 aliphatic carbocycles. The molecular weight excluding hydrogens is 260 g/mol. The Morgan fingerprint density at radius 3 is 2.76 bits per heavy atom. The van der Waals surface area contributed by atoms with Gasteiger partial charge >= 0.3 is 0 Å².